The summed E-state index contributed by atoms with van der Waals surface area (Å²) in [6.07, 6.45) is 1.17. The van der Waals surface area contributed by atoms with Crippen molar-refractivity contribution >= 4 is 11.9 Å². The number of aromatic amines is 2. The highest BCUT2D eigenvalue weighted by atomic mass is 16.4. The number of carbonyl (C=O) groups is 2. The molecule has 0 saturated heterocycles. The van der Waals surface area contributed by atoms with E-state index in [4.69, 9.17) is 5.11 Å². The molecular weight excluding hydrogens is 252 g/mol. The van der Waals surface area contributed by atoms with Crippen molar-refractivity contribution in [3.05, 3.63) is 29.4 Å². The molecule has 0 atom stereocenters. The maximum Gasteiger partial charge on any atom is 0.354 e. The SMILES string of the molecule is Cc1nc(CN(C)C(=O)c2nc[nH]c2C(=O)O)n[nH]1. The Kier molecular flexibility index (Phi) is 3.27. The van der Waals surface area contributed by atoms with Gasteiger partial charge in [-0.15, -0.1) is 0 Å². The fraction of sp³-hybridized carbons (Fsp3) is 0.300. The van der Waals surface area contributed by atoms with Crippen LogP contribution in [0.4, 0.5) is 0 Å². The number of nitrogens with zero attached hydrogens (tertiary/aromatic N) is 4. The molecule has 0 aliphatic rings. The number of carboxylic acids is 1. The van der Waals surface area contributed by atoms with Gasteiger partial charge in [0.2, 0.25) is 0 Å². The van der Waals surface area contributed by atoms with Crippen molar-refractivity contribution in [2.45, 2.75) is 13.5 Å². The Morgan fingerprint density at radius 2 is 2.21 bits per heavy atom. The van der Waals surface area contributed by atoms with Crippen molar-refractivity contribution in [3.63, 3.8) is 0 Å². The maximum atomic E-state index is 12.1. The van der Waals surface area contributed by atoms with Gasteiger partial charge in [-0.25, -0.2) is 14.8 Å². The topological polar surface area (TPSA) is 128 Å². The van der Waals surface area contributed by atoms with Crippen LogP contribution < -0.4 is 0 Å². The van der Waals surface area contributed by atoms with E-state index in [1.807, 2.05) is 0 Å². The summed E-state index contributed by atoms with van der Waals surface area (Å²) in [4.78, 5) is 34.5. The van der Waals surface area contributed by atoms with E-state index in [1.54, 1.807) is 6.92 Å². The molecule has 0 spiro atoms. The van der Waals surface area contributed by atoms with Gasteiger partial charge in [0, 0.05) is 7.05 Å². The molecule has 2 aromatic heterocycles. The van der Waals surface area contributed by atoms with Crippen molar-refractivity contribution < 1.29 is 14.7 Å². The van der Waals surface area contributed by atoms with Gasteiger partial charge in [0.15, 0.2) is 17.2 Å². The van der Waals surface area contributed by atoms with Crippen LogP contribution in [0.25, 0.3) is 0 Å². The van der Waals surface area contributed by atoms with E-state index in [1.165, 1.54) is 18.3 Å². The summed E-state index contributed by atoms with van der Waals surface area (Å²) in [7, 11) is 1.52. The van der Waals surface area contributed by atoms with E-state index in [0.717, 1.165) is 0 Å². The molecule has 2 aromatic rings. The zero-order valence-corrected chi connectivity index (χ0v) is 10.3. The Labute approximate surface area is 107 Å². The Bertz CT molecular complexity index is 616. The quantitative estimate of drug-likeness (QED) is 0.702. The fourth-order valence-electron chi connectivity index (χ4n) is 1.54. The lowest BCUT2D eigenvalue weighted by molar-refractivity contribution is 0.0673. The largest absolute Gasteiger partial charge is 0.477 e. The summed E-state index contributed by atoms with van der Waals surface area (Å²) in [5, 5.41) is 15.5. The van der Waals surface area contributed by atoms with E-state index in [2.05, 4.69) is 25.1 Å². The van der Waals surface area contributed by atoms with Gasteiger partial charge in [0.1, 0.15) is 5.82 Å². The summed E-state index contributed by atoms with van der Waals surface area (Å²) in [5.41, 5.74) is -0.370. The minimum absolute atomic E-state index is 0.137. The number of imidazole rings is 1. The second-order valence-electron chi connectivity index (χ2n) is 3.93. The number of carbonyl (C=O) groups excluding carboxylic acids is 1. The zero-order chi connectivity index (χ0) is 14.0. The first-order valence-electron chi connectivity index (χ1n) is 5.39. The standard InChI is InChI=1S/C10H12N6O3/c1-5-13-6(15-14-5)3-16(2)9(17)7-8(10(18)19)12-4-11-7/h4H,3H2,1-2H3,(H,11,12)(H,18,19)(H,13,14,15). The lowest BCUT2D eigenvalue weighted by Crippen LogP contribution is -2.28. The number of carboxylic acid groups (broad SMARTS) is 1. The number of nitrogens with one attached hydrogen (secondary N) is 2. The summed E-state index contributed by atoms with van der Waals surface area (Å²) in [6.45, 7) is 1.91. The summed E-state index contributed by atoms with van der Waals surface area (Å²) in [5.74, 6) is -0.660. The van der Waals surface area contributed by atoms with Gasteiger partial charge in [0.05, 0.1) is 12.9 Å². The number of amides is 1. The van der Waals surface area contributed by atoms with Crippen molar-refractivity contribution in [2.24, 2.45) is 0 Å². The molecule has 0 bridgehead atoms. The van der Waals surface area contributed by atoms with Crippen molar-refractivity contribution in [3.8, 4) is 0 Å². The molecule has 0 aliphatic heterocycles. The highest BCUT2D eigenvalue weighted by Crippen LogP contribution is 2.08. The minimum atomic E-state index is -1.23. The summed E-state index contributed by atoms with van der Waals surface area (Å²) < 4.78 is 0. The molecule has 0 radical (unpaired) electrons. The molecule has 3 N–H and O–H groups in total. The average molecular weight is 264 g/mol. The number of aromatic nitrogens is 5. The highest BCUT2D eigenvalue weighted by Gasteiger charge is 2.23. The van der Waals surface area contributed by atoms with Crippen LogP contribution in [0.1, 0.15) is 32.6 Å². The van der Waals surface area contributed by atoms with Crippen molar-refractivity contribution in [1.82, 2.24) is 30.0 Å². The van der Waals surface area contributed by atoms with Gasteiger partial charge in [-0.2, -0.15) is 5.10 Å². The van der Waals surface area contributed by atoms with Crippen LogP contribution in [0.15, 0.2) is 6.33 Å². The van der Waals surface area contributed by atoms with Gasteiger partial charge in [-0.1, -0.05) is 0 Å². The molecule has 1 amide bonds. The first kappa shape index (κ1) is 12.7. The number of hydrogen-bond donors (Lipinski definition) is 3. The lowest BCUT2D eigenvalue weighted by atomic mass is 10.3. The molecule has 2 rings (SSSR count). The van der Waals surface area contributed by atoms with Crippen LogP contribution >= 0.6 is 0 Å². The molecule has 0 saturated carbocycles. The van der Waals surface area contributed by atoms with E-state index in [9.17, 15) is 9.59 Å². The second kappa shape index (κ2) is 4.88. The Morgan fingerprint density at radius 1 is 1.47 bits per heavy atom. The summed E-state index contributed by atoms with van der Waals surface area (Å²) >= 11 is 0. The van der Waals surface area contributed by atoms with Crippen LogP contribution in [0.3, 0.4) is 0 Å². The van der Waals surface area contributed by atoms with Gasteiger partial charge >= 0.3 is 5.97 Å². The van der Waals surface area contributed by atoms with E-state index in [0.29, 0.717) is 11.6 Å². The Balaban J connectivity index is 2.15. The molecule has 0 aliphatic carbocycles. The molecule has 9 heteroatoms. The van der Waals surface area contributed by atoms with Gasteiger partial charge in [0.25, 0.3) is 5.91 Å². The van der Waals surface area contributed by atoms with Crippen LogP contribution in [0.2, 0.25) is 0 Å². The van der Waals surface area contributed by atoms with Gasteiger partial charge < -0.3 is 15.0 Å². The molecule has 0 unspecified atom stereocenters. The molecule has 0 aromatic carbocycles. The van der Waals surface area contributed by atoms with E-state index in [-0.39, 0.29) is 17.9 Å². The Hall–Kier alpha value is -2.71. The molecule has 100 valence electrons. The highest BCUT2D eigenvalue weighted by molar-refractivity contribution is 6.02. The monoisotopic (exact) mass is 264 g/mol. The number of hydrogen-bond acceptors (Lipinski definition) is 5. The minimum Gasteiger partial charge on any atom is -0.477 e. The maximum absolute atomic E-state index is 12.1. The number of aryl methyl sites for hydroxylation is 1. The third-order valence-corrected chi connectivity index (χ3v) is 2.42. The normalized spacial score (nSPS) is 10.4. The number of aromatic carboxylic acids is 1. The predicted molar refractivity (Wildman–Crippen MR) is 62.5 cm³/mol. The second-order valence-corrected chi connectivity index (χ2v) is 3.93. The first-order valence-corrected chi connectivity index (χ1v) is 5.39. The number of H-pyrrole nitrogens is 2. The molecule has 9 nitrogen and oxygen atoms in total. The lowest BCUT2D eigenvalue weighted by Gasteiger charge is -2.13. The van der Waals surface area contributed by atoms with Gasteiger partial charge in [-0.3, -0.25) is 9.89 Å². The van der Waals surface area contributed by atoms with Crippen molar-refractivity contribution in [2.75, 3.05) is 7.05 Å². The predicted octanol–water partition coefficient (Wildman–Crippen LogP) is -0.193. The average Bonchev–Trinajstić information content (AvgIpc) is 2.97. The fourth-order valence-corrected chi connectivity index (χ4v) is 1.54. The van der Waals surface area contributed by atoms with Crippen LogP contribution in [0, 0.1) is 6.92 Å². The Morgan fingerprint density at radius 3 is 2.79 bits per heavy atom. The molecule has 19 heavy (non-hydrogen) atoms. The zero-order valence-electron chi connectivity index (χ0n) is 10.3. The third kappa shape index (κ3) is 2.59. The molecule has 0 fully saturated rings. The van der Waals surface area contributed by atoms with Crippen LogP contribution in [0.5, 0.6) is 0 Å². The van der Waals surface area contributed by atoms with Crippen molar-refractivity contribution in [1.29, 1.82) is 0 Å². The van der Waals surface area contributed by atoms with Crippen LogP contribution in [-0.4, -0.2) is 54.1 Å². The number of rotatable bonds is 4. The molecular formula is C10H12N6O3. The van der Waals surface area contributed by atoms with Crippen LogP contribution in [-0.2, 0) is 6.54 Å². The smallest absolute Gasteiger partial charge is 0.354 e. The first-order chi connectivity index (χ1) is 8.99. The summed E-state index contributed by atoms with van der Waals surface area (Å²) in [6, 6.07) is 0. The van der Waals surface area contributed by atoms with E-state index >= 15 is 0 Å². The van der Waals surface area contributed by atoms with E-state index < -0.39 is 11.9 Å². The van der Waals surface area contributed by atoms with Gasteiger partial charge in [-0.05, 0) is 6.92 Å². The molecule has 2 heterocycles. The third-order valence-electron chi connectivity index (χ3n) is 2.42.